The second-order valence-corrected chi connectivity index (χ2v) is 5.98. The molecular formula is C19H19FN4O. The highest BCUT2D eigenvalue weighted by molar-refractivity contribution is 5.95. The van der Waals surface area contributed by atoms with Gasteiger partial charge in [-0.3, -0.25) is 4.79 Å². The van der Waals surface area contributed by atoms with Crippen LogP contribution in [0.5, 0.6) is 0 Å². The first-order valence-electron chi connectivity index (χ1n) is 7.95. The lowest BCUT2D eigenvalue weighted by atomic mass is 10.0. The summed E-state index contributed by atoms with van der Waals surface area (Å²) in [6.45, 7) is 3.75. The Balaban J connectivity index is 1.81. The molecule has 0 radical (unpaired) electrons. The molecule has 1 amide bonds. The molecule has 0 aliphatic heterocycles. The van der Waals surface area contributed by atoms with Crippen LogP contribution >= 0.6 is 0 Å². The van der Waals surface area contributed by atoms with Crippen molar-refractivity contribution in [3.63, 3.8) is 0 Å². The monoisotopic (exact) mass is 338 g/mol. The van der Waals surface area contributed by atoms with Crippen molar-refractivity contribution in [3.8, 4) is 5.69 Å². The van der Waals surface area contributed by atoms with Crippen LogP contribution in [0.25, 0.3) is 5.69 Å². The maximum atomic E-state index is 13.5. The standard InChI is InChI=1S/C19H19FN4O/c1-13-4-7-16(20)10-18(13)19(25)23(3)14(2)15-5-8-17(9-6-15)24-12-21-11-22-24/h4-12,14H,1-3H3. The number of amides is 1. The topological polar surface area (TPSA) is 51.0 Å². The van der Waals surface area contributed by atoms with Crippen LogP contribution in [0.3, 0.4) is 0 Å². The van der Waals surface area contributed by atoms with E-state index in [4.69, 9.17) is 0 Å². The number of carbonyl (C=O) groups is 1. The van der Waals surface area contributed by atoms with Crippen molar-refractivity contribution in [2.75, 3.05) is 7.05 Å². The molecule has 2 aromatic carbocycles. The SMILES string of the molecule is Cc1ccc(F)cc1C(=O)N(C)C(C)c1ccc(-n2cncn2)cc1. The van der Waals surface area contributed by atoms with E-state index < -0.39 is 5.82 Å². The highest BCUT2D eigenvalue weighted by Gasteiger charge is 2.20. The number of benzene rings is 2. The Morgan fingerprint density at radius 3 is 2.56 bits per heavy atom. The molecule has 0 fully saturated rings. The molecule has 0 N–H and O–H groups in total. The van der Waals surface area contributed by atoms with Gasteiger partial charge in [0.15, 0.2) is 0 Å². The van der Waals surface area contributed by atoms with Crippen molar-refractivity contribution in [3.05, 3.63) is 77.6 Å². The Kier molecular flexibility index (Phi) is 4.61. The summed E-state index contributed by atoms with van der Waals surface area (Å²) in [5, 5.41) is 4.09. The zero-order valence-electron chi connectivity index (χ0n) is 14.3. The van der Waals surface area contributed by atoms with Crippen LogP contribution in [0.1, 0.15) is 34.5 Å². The number of aromatic nitrogens is 3. The normalized spacial score (nSPS) is 12.0. The van der Waals surface area contributed by atoms with Crippen LogP contribution < -0.4 is 0 Å². The highest BCUT2D eigenvalue weighted by atomic mass is 19.1. The first-order chi connectivity index (χ1) is 12.0. The van der Waals surface area contributed by atoms with Crippen LogP contribution in [-0.2, 0) is 0 Å². The van der Waals surface area contributed by atoms with Gasteiger partial charge in [-0.15, -0.1) is 0 Å². The van der Waals surface area contributed by atoms with Gasteiger partial charge in [-0.1, -0.05) is 18.2 Å². The first kappa shape index (κ1) is 16.8. The van der Waals surface area contributed by atoms with Crippen LogP contribution in [-0.4, -0.2) is 32.6 Å². The minimum atomic E-state index is -0.410. The average Bonchev–Trinajstić information content (AvgIpc) is 3.16. The Morgan fingerprint density at radius 2 is 1.92 bits per heavy atom. The van der Waals surface area contributed by atoms with Crippen LogP contribution in [0.15, 0.2) is 55.1 Å². The van der Waals surface area contributed by atoms with E-state index in [1.165, 1.54) is 18.5 Å². The molecule has 25 heavy (non-hydrogen) atoms. The molecule has 0 bridgehead atoms. The molecule has 0 saturated heterocycles. The van der Waals surface area contributed by atoms with Crippen molar-refractivity contribution in [2.45, 2.75) is 19.9 Å². The fraction of sp³-hybridized carbons (Fsp3) is 0.211. The Hall–Kier alpha value is -3.02. The van der Waals surface area contributed by atoms with Gasteiger partial charge in [-0.2, -0.15) is 5.10 Å². The van der Waals surface area contributed by atoms with E-state index in [0.29, 0.717) is 5.56 Å². The minimum absolute atomic E-state index is 0.153. The van der Waals surface area contributed by atoms with Crippen LogP contribution in [0.2, 0.25) is 0 Å². The highest BCUT2D eigenvalue weighted by Crippen LogP contribution is 2.23. The van der Waals surface area contributed by atoms with Crippen molar-refractivity contribution in [1.29, 1.82) is 0 Å². The average molecular weight is 338 g/mol. The number of halogens is 1. The summed E-state index contributed by atoms with van der Waals surface area (Å²) in [4.78, 5) is 18.3. The molecule has 0 saturated carbocycles. The predicted octanol–water partition coefficient (Wildman–Crippen LogP) is 3.55. The Morgan fingerprint density at radius 1 is 1.20 bits per heavy atom. The van der Waals surface area contributed by atoms with Crippen LogP contribution in [0.4, 0.5) is 4.39 Å². The molecule has 1 atom stereocenters. The summed E-state index contributed by atoms with van der Waals surface area (Å²) < 4.78 is 15.2. The Bertz CT molecular complexity index is 875. The second kappa shape index (κ2) is 6.84. The van der Waals surface area contributed by atoms with Crippen molar-refractivity contribution < 1.29 is 9.18 Å². The van der Waals surface area contributed by atoms with Gasteiger partial charge in [0.1, 0.15) is 18.5 Å². The number of carbonyl (C=O) groups excluding carboxylic acids is 1. The van der Waals surface area contributed by atoms with E-state index in [1.54, 1.807) is 35.9 Å². The van der Waals surface area contributed by atoms with E-state index in [2.05, 4.69) is 10.1 Å². The lowest BCUT2D eigenvalue weighted by molar-refractivity contribution is 0.0741. The largest absolute Gasteiger partial charge is 0.335 e. The molecule has 128 valence electrons. The summed E-state index contributed by atoms with van der Waals surface area (Å²) in [6.07, 6.45) is 3.10. The van der Waals surface area contributed by atoms with E-state index in [1.807, 2.05) is 31.2 Å². The maximum Gasteiger partial charge on any atom is 0.254 e. The third-order valence-corrected chi connectivity index (χ3v) is 4.39. The summed E-state index contributed by atoms with van der Waals surface area (Å²) in [7, 11) is 1.72. The summed E-state index contributed by atoms with van der Waals surface area (Å²) in [6, 6.07) is 11.9. The number of rotatable bonds is 4. The number of aryl methyl sites for hydroxylation is 1. The van der Waals surface area contributed by atoms with E-state index in [-0.39, 0.29) is 11.9 Å². The minimum Gasteiger partial charge on any atom is -0.335 e. The van der Waals surface area contributed by atoms with Crippen molar-refractivity contribution >= 4 is 5.91 Å². The maximum absolute atomic E-state index is 13.5. The van der Waals surface area contributed by atoms with Gasteiger partial charge < -0.3 is 4.90 Å². The molecule has 5 nitrogen and oxygen atoms in total. The summed E-state index contributed by atoms with van der Waals surface area (Å²) >= 11 is 0. The molecule has 6 heteroatoms. The summed E-state index contributed by atoms with van der Waals surface area (Å²) in [5.74, 6) is -0.614. The van der Waals surface area contributed by atoms with Gasteiger partial charge in [-0.05, 0) is 49.2 Å². The molecule has 0 spiro atoms. The van der Waals surface area contributed by atoms with Gasteiger partial charge in [0.25, 0.3) is 5.91 Å². The van der Waals surface area contributed by atoms with E-state index >= 15 is 0 Å². The van der Waals surface area contributed by atoms with E-state index in [0.717, 1.165) is 16.8 Å². The first-order valence-corrected chi connectivity index (χ1v) is 7.95. The zero-order chi connectivity index (χ0) is 18.0. The van der Waals surface area contributed by atoms with Gasteiger partial charge in [0, 0.05) is 12.6 Å². The molecule has 1 unspecified atom stereocenters. The lowest BCUT2D eigenvalue weighted by Gasteiger charge is -2.26. The molecule has 3 rings (SSSR count). The summed E-state index contributed by atoms with van der Waals surface area (Å²) in [5.41, 5.74) is 3.01. The third-order valence-electron chi connectivity index (χ3n) is 4.39. The smallest absolute Gasteiger partial charge is 0.254 e. The molecule has 3 aromatic rings. The molecule has 1 aromatic heterocycles. The van der Waals surface area contributed by atoms with Gasteiger partial charge in [0.05, 0.1) is 11.7 Å². The lowest BCUT2D eigenvalue weighted by Crippen LogP contribution is -2.30. The van der Waals surface area contributed by atoms with Crippen molar-refractivity contribution in [1.82, 2.24) is 19.7 Å². The fourth-order valence-corrected chi connectivity index (χ4v) is 2.66. The molecule has 1 heterocycles. The number of hydrogen-bond acceptors (Lipinski definition) is 3. The van der Waals surface area contributed by atoms with Gasteiger partial charge in [-0.25, -0.2) is 14.1 Å². The molecule has 0 aliphatic carbocycles. The fourth-order valence-electron chi connectivity index (χ4n) is 2.66. The van der Waals surface area contributed by atoms with Gasteiger partial charge >= 0.3 is 0 Å². The quantitative estimate of drug-likeness (QED) is 0.731. The van der Waals surface area contributed by atoms with E-state index in [9.17, 15) is 9.18 Å². The number of nitrogens with zero attached hydrogens (tertiary/aromatic N) is 4. The second-order valence-electron chi connectivity index (χ2n) is 5.98. The van der Waals surface area contributed by atoms with Crippen molar-refractivity contribution in [2.24, 2.45) is 0 Å². The number of hydrogen-bond donors (Lipinski definition) is 0. The zero-order valence-corrected chi connectivity index (χ0v) is 14.3. The van der Waals surface area contributed by atoms with Gasteiger partial charge in [0.2, 0.25) is 0 Å². The van der Waals surface area contributed by atoms with Crippen LogP contribution in [0, 0.1) is 12.7 Å². The Labute approximate surface area is 145 Å². The predicted molar refractivity (Wildman–Crippen MR) is 93.0 cm³/mol. The third kappa shape index (κ3) is 3.42. The molecular weight excluding hydrogens is 319 g/mol. The molecule has 0 aliphatic rings.